The van der Waals surface area contributed by atoms with Crippen LogP contribution in [0, 0.1) is 5.41 Å². The zero-order valence-electron chi connectivity index (χ0n) is 13.7. The first-order valence-corrected chi connectivity index (χ1v) is 7.02. The van der Waals surface area contributed by atoms with Crippen molar-refractivity contribution in [3.05, 3.63) is 0 Å². The summed E-state index contributed by atoms with van der Waals surface area (Å²) in [6.45, 7) is 9.53. The van der Waals surface area contributed by atoms with E-state index in [0.29, 0.717) is 6.54 Å². The highest BCUT2D eigenvalue weighted by Gasteiger charge is 2.29. The van der Waals surface area contributed by atoms with Gasteiger partial charge in [-0.05, 0) is 19.3 Å². The summed E-state index contributed by atoms with van der Waals surface area (Å²) in [5.74, 6) is -1.18. The predicted molar refractivity (Wildman–Crippen MR) is 79.9 cm³/mol. The van der Waals surface area contributed by atoms with Crippen molar-refractivity contribution in [2.45, 2.75) is 53.1 Å². The number of carbonyl (C=O) groups is 3. The molecule has 0 aromatic rings. The molecular formula is C14H27N3O4. The third-order valence-electron chi connectivity index (χ3n) is 3.30. The van der Waals surface area contributed by atoms with Gasteiger partial charge in [-0.1, -0.05) is 20.8 Å². The summed E-state index contributed by atoms with van der Waals surface area (Å²) >= 11 is 0. The molecule has 0 fully saturated rings. The Balaban J connectivity index is 4.64. The van der Waals surface area contributed by atoms with Crippen LogP contribution in [0.4, 0.5) is 4.79 Å². The first kappa shape index (κ1) is 19.2. The van der Waals surface area contributed by atoms with Gasteiger partial charge in [-0.15, -0.1) is 0 Å². The van der Waals surface area contributed by atoms with E-state index in [1.807, 2.05) is 27.7 Å². The van der Waals surface area contributed by atoms with Crippen LogP contribution in [-0.2, 0) is 9.59 Å². The fourth-order valence-corrected chi connectivity index (χ4v) is 1.69. The second-order valence-corrected chi connectivity index (χ2v) is 6.21. The summed E-state index contributed by atoms with van der Waals surface area (Å²) in [5.41, 5.74) is -0.400. The largest absolute Gasteiger partial charge is 0.481 e. The highest BCUT2D eigenvalue weighted by Crippen LogP contribution is 2.21. The Hall–Kier alpha value is -1.79. The van der Waals surface area contributed by atoms with Gasteiger partial charge >= 0.3 is 12.0 Å². The van der Waals surface area contributed by atoms with Crippen LogP contribution in [0.15, 0.2) is 0 Å². The van der Waals surface area contributed by atoms with Gasteiger partial charge in [0.25, 0.3) is 0 Å². The summed E-state index contributed by atoms with van der Waals surface area (Å²) in [6, 6.07) is -1.73. The molecule has 0 aliphatic carbocycles. The fraction of sp³-hybridized carbons (Fsp3) is 0.786. The molecule has 3 amide bonds. The molecule has 3 N–H and O–H groups in total. The zero-order chi connectivity index (χ0) is 16.8. The SMILES string of the molecule is CCN(C)C(=O)C(C)NC(=O)NC(CC(=O)O)C(C)(C)C. The number of aliphatic carboxylic acids is 1. The van der Waals surface area contributed by atoms with Crippen LogP contribution in [-0.4, -0.2) is 53.6 Å². The maximum atomic E-state index is 11.9. The molecule has 0 aliphatic rings. The summed E-state index contributed by atoms with van der Waals surface area (Å²) in [5, 5.41) is 14.1. The quantitative estimate of drug-likeness (QED) is 0.682. The Kier molecular flexibility index (Phi) is 7.18. The van der Waals surface area contributed by atoms with Crippen LogP contribution in [0.3, 0.4) is 0 Å². The number of amides is 3. The molecule has 0 aromatic heterocycles. The van der Waals surface area contributed by atoms with Gasteiger partial charge in [0.2, 0.25) is 5.91 Å². The van der Waals surface area contributed by atoms with Gasteiger partial charge in [-0.2, -0.15) is 0 Å². The monoisotopic (exact) mass is 301 g/mol. The van der Waals surface area contributed by atoms with Crippen LogP contribution in [0.5, 0.6) is 0 Å². The van der Waals surface area contributed by atoms with Gasteiger partial charge in [-0.25, -0.2) is 4.79 Å². The van der Waals surface area contributed by atoms with Crippen molar-refractivity contribution < 1.29 is 19.5 Å². The molecule has 0 rings (SSSR count). The molecule has 0 spiro atoms. The van der Waals surface area contributed by atoms with Crippen molar-refractivity contribution in [2.24, 2.45) is 5.41 Å². The number of hydrogen-bond donors (Lipinski definition) is 3. The number of nitrogens with one attached hydrogen (secondary N) is 2. The topological polar surface area (TPSA) is 98.7 Å². The molecule has 2 atom stereocenters. The van der Waals surface area contributed by atoms with E-state index in [2.05, 4.69) is 10.6 Å². The summed E-state index contributed by atoms with van der Waals surface area (Å²) in [6.07, 6.45) is -0.173. The first-order valence-electron chi connectivity index (χ1n) is 7.02. The lowest BCUT2D eigenvalue weighted by molar-refractivity contribution is -0.138. The summed E-state index contributed by atoms with van der Waals surface area (Å²) in [7, 11) is 1.65. The van der Waals surface area contributed by atoms with E-state index in [-0.39, 0.29) is 12.3 Å². The zero-order valence-corrected chi connectivity index (χ0v) is 13.7. The molecule has 21 heavy (non-hydrogen) atoms. The molecular weight excluding hydrogens is 274 g/mol. The number of carboxylic acid groups (broad SMARTS) is 1. The van der Waals surface area contributed by atoms with Crippen LogP contribution in [0.2, 0.25) is 0 Å². The van der Waals surface area contributed by atoms with Gasteiger partial charge in [0.15, 0.2) is 0 Å². The standard InChI is InChI=1S/C14H27N3O4/c1-7-17(6)12(20)9(2)15-13(21)16-10(8-11(18)19)14(3,4)5/h9-10H,7-8H2,1-6H3,(H,18,19)(H2,15,16,21). The van der Waals surface area contributed by atoms with E-state index < -0.39 is 29.5 Å². The van der Waals surface area contributed by atoms with Crippen molar-refractivity contribution in [3.63, 3.8) is 0 Å². The van der Waals surface area contributed by atoms with E-state index >= 15 is 0 Å². The lowest BCUT2D eigenvalue weighted by atomic mass is 9.85. The molecule has 0 heterocycles. The fourth-order valence-electron chi connectivity index (χ4n) is 1.69. The van der Waals surface area contributed by atoms with Gasteiger partial charge in [0.1, 0.15) is 6.04 Å². The number of hydrogen-bond acceptors (Lipinski definition) is 3. The van der Waals surface area contributed by atoms with Gasteiger partial charge in [-0.3, -0.25) is 9.59 Å². The Morgan fingerprint density at radius 3 is 2.10 bits per heavy atom. The molecule has 7 nitrogen and oxygen atoms in total. The van der Waals surface area contributed by atoms with E-state index in [0.717, 1.165) is 0 Å². The van der Waals surface area contributed by atoms with Crippen LogP contribution < -0.4 is 10.6 Å². The van der Waals surface area contributed by atoms with Gasteiger partial charge in [0, 0.05) is 19.6 Å². The first-order chi connectivity index (χ1) is 9.48. The van der Waals surface area contributed by atoms with Gasteiger partial charge in [0.05, 0.1) is 6.42 Å². The third kappa shape index (κ3) is 6.97. The molecule has 0 aliphatic heterocycles. The van der Waals surface area contributed by atoms with Crippen molar-refractivity contribution in [1.82, 2.24) is 15.5 Å². The second kappa shape index (κ2) is 7.85. The number of urea groups is 1. The average molecular weight is 301 g/mol. The second-order valence-electron chi connectivity index (χ2n) is 6.21. The van der Waals surface area contributed by atoms with Crippen LogP contribution in [0.1, 0.15) is 41.0 Å². The smallest absolute Gasteiger partial charge is 0.315 e. The van der Waals surface area contributed by atoms with E-state index in [9.17, 15) is 14.4 Å². The van der Waals surface area contributed by atoms with Crippen molar-refractivity contribution >= 4 is 17.9 Å². The summed E-state index contributed by atoms with van der Waals surface area (Å²) < 4.78 is 0. The minimum atomic E-state index is -0.981. The number of carboxylic acids is 1. The molecule has 0 radical (unpaired) electrons. The van der Waals surface area contributed by atoms with E-state index in [4.69, 9.17) is 5.11 Å². The van der Waals surface area contributed by atoms with Gasteiger partial charge < -0.3 is 20.6 Å². The molecule has 0 saturated heterocycles. The Morgan fingerprint density at radius 2 is 1.71 bits per heavy atom. The van der Waals surface area contributed by atoms with Crippen molar-refractivity contribution in [3.8, 4) is 0 Å². The van der Waals surface area contributed by atoms with E-state index in [1.54, 1.807) is 14.0 Å². The minimum Gasteiger partial charge on any atom is -0.481 e. The molecule has 7 heteroatoms. The van der Waals surface area contributed by atoms with Crippen LogP contribution in [0.25, 0.3) is 0 Å². The average Bonchev–Trinajstić information content (AvgIpc) is 2.34. The molecule has 2 unspecified atom stereocenters. The molecule has 0 aromatic carbocycles. The minimum absolute atomic E-state index is 0.173. The number of carbonyl (C=O) groups excluding carboxylic acids is 2. The number of rotatable bonds is 6. The predicted octanol–water partition coefficient (Wildman–Crippen LogP) is 1.04. The normalized spacial score (nSPS) is 14.0. The lowest BCUT2D eigenvalue weighted by Gasteiger charge is -2.31. The summed E-state index contributed by atoms with van der Waals surface area (Å²) in [4.78, 5) is 36.1. The Labute approximate surface area is 126 Å². The molecule has 0 bridgehead atoms. The van der Waals surface area contributed by atoms with E-state index in [1.165, 1.54) is 4.90 Å². The van der Waals surface area contributed by atoms with Crippen LogP contribution >= 0.6 is 0 Å². The third-order valence-corrected chi connectivity index (χ3v) is 3.30. The molecule has 0 saturated carbocycles. The maximum Gasteiger partial charge on any atom is 0.315 e. The highest BCUT2D eigenvalue weighted by atomic mass is 16.4. The van der Waals surface area contributed by atoms with Crippen molar-refractivity contribution in [1.29, 1.82) is 0 Å². The Bertz CT molecular complexity index is 390. The maximum absolute atomic E-state index is 11.9. The molecule has 122 valence electrons. The van der Waals surface area contributed by atoms with Crippen molar-refractivity contribution in [2.75, 3.05) is 13.6 Å². The Morgan fingerprint density at radius 1 is 1.19 bits per heavy atom. The number of nitrogens with zero attached hydrogens (tertiary/aromatic N) is 1. The number of likely N-dealkylation sites (N-methyl/N-ethyl adjacent to an activating group) is 1. The lowest BCUT2D eigenvalue weighted by Crippen LogP contribution is -2.53. The highest BCUT2D eigenvalue weighted by molar-refractivity contribution is 5.86.